The first kappa shape index (κ1) is 19.7. The van der Waals surface area contributed by atoms with Gasteiger partial charge in [0.1, 0.15) is 12.2 Å². The summed E-state index contributed by atoms with van der Waals surface area (Å²) in [5, 5.41) is 25.3. The number of amides is 1. The summed E-state index contributed by atoms with van der Waals surface area (Å²) < 4.78 is 15.4. The van der Waals surface area contributed by atoms with E-state index in [1.807, 2.05) is 6.07 Å². The first-order chi connectivity index (χ1) is 13.2. The number of alkyl halides is 1. The van der Waals surface area contributed by atoms with Gasteiger partial charge in [-0.05, 0) is 38.1 Å². The van der Waals surface area contributed by atoms with Gasteiger partial charge >= 0.3 is 0 Å². The van der Waals surface area contributed by atoms with Crippen LogP contribution in [0.25, 0.3) is 16.9 Å². The highest BCUT2D eigenvalue weighted by Gasteiger charge is 2.27. The van der Waals surface area contributed by atoms with Crippen molar-refractivity contribution in [3.05, 3.63) is 52.8 Å². The van der Waals surface area contributed by atoms with Gasteiger partial charge in [0, 0.05) is 6.20 Å². The third-order valence-electron chi connectivity index (χ3n) is 4.20. The number of nitrogens with one attached hydrogen (secondary N) is 1. The highest BCUT2D eigenvalue weighted by atomic mass is 35.5. The molecule has 0 bridgehead atoms. The van der Waals surface area contributed by atoms with Gasteiger partial charge in [0.25, 0.3) is 5.91 Å². The fourth-order valence-electron chi connectivity index (χ4n) is 2.52. The molecule has 28 heavy (non-hydrogen) atoms. The number of nitriles is 1. The molecule has 3 heterocycles. The Kier molecular flexibility index (Phi) is 5.31. The molecular weight excluding hydrogens is 385 g/mol. The van der Waals surface area contributed by atoms with Crippen molar-refractivity contribution in [1.29, 1.82) is 5.26 Å². The SMILES string of the molecule is CC(C)(O)C(F)CNC(=O)c1cnc(-c2ccc3cc(C#N)cnn23)cc1Cl. The average molecular weight is 402 g/mol. The van der Waals surface area contributed by atoms with Gasteiger partial charge < -0.3 is 10.4 Å². The van der Waals surface area contributed by atoms with E-state index >= 15 is 0 Å². The van der Waals surface area contributed by atoms with Crippen LogP contribution in [-0.2, 0) is 0 Å². The summed E-state index contributed by atoms with van der Waals surface area (Å²) in [6, 6.07) is 8.80. The second-order valence-corrected chi connectivity index (χ2v) is 7.20. The summed E-state index contributed by atoms with van der Waals surface area (Å²) in [6.07, 6.45) is 1.11. The number of rotatable bonds is 5. The average Bonchev–Trinajstić information content (AvgIpc) is 3.07. The Balaban J connectivity index is 1.83. The second-order valence-electron chi connectivity index (χ2n) is 6.79. The van der Waals surface area contributed by atoms with E-state index in [4.69, 9.17) is 16.9 Å². The van der Waals surface area contributed by atoms with Crippen molar-refractivity contribution in [3.63, 3.8) is 0 Å². The van der Waals surface area contributed by atoms with Gasteiger partial charge in [-0.2, -0.15) is 10.4 Å². The van der Waals surface area contributed by atoms with Gasteiger partial charge in [-0.15, -0.1) is 0 Å². The van der Waals surface area contributed by atoms with Crippen molar-refractivity contribution in [2.45, 2.75) is 25.6 Å². The van der Waals surface area contributed by atoms with Crippen LogP contribution in [0.2, 0.25) is 5.02 Å². The second kappa shape index (κ2) is 7.54. The number of pyridine rings is 1. The molecule has 0 aromatic carbocycles. The van der Waals surface area contributed by atoms with Crippen molar-refractivity contribution < 1.29 is 14.3 Å². The normalized spacial score (nSPS) is 12.6. The lowest BCUT2D eigenvalue weighted by Crippen LogP contribution is -2.42. The van der Waals surface area contributed by atoms with Crippen LogP contribution < -0.4 is 5.32 Å². The number of aromatic nitrogens is 3. The summed E-state index contributed by atoms with van der Waals surface area (Å²) in [5.41, 5.74) is 0.807. The quantitative estimate of drug-likeness (QED) is 0.684. The third-order valence-corrected chi connectivity index (χ3v) is 4.51. The monoisotopic (exact) mass is 401 g/mol. The lowest BCUT2D eigenvalue weighted by atomic mass is 10.0. The fourth-order valence-corrected chi connectivity index (χ4v) is 2.76. The van der Waals surface area contributed by atoms with E-state index in [-0.39, 0.29) is 17.1 Å². The molecule has 0 radical (unpaired) electrons. The predicted molar refractivity (Wildman–Crippen MR) is 102 cm³/mol. The van der Waals surface area contributed by atoms with Gasteiger partial charge in [0.15, 0.2) is 0 Å². The minimum Gasteiger partial charge on any atom is -0.387 e. The van der Waals surface area contributed by atoms with E-state index in [0.717, 1.165) is 5.52 Å². The van der Waals surface area contributed by atoms with Crippen LogP contribution in [0.1, 0.15) is 29.8 Å². The Hall–Kier alpha value is -3.02. The summed E-state index contributed by atoms with van der Waals surface area (Å²) >= 11 is 6.23. The molecule has 0 aliphatic carbocycles. The number of aliphatic hydroxyl groups is 1. The molecule has 1 amide bonds. The Morgan fingerprint density at radius 3 is 2.82 bits per heavy atom. The molecule has 0 spiro atoms. The molecule has 3 aromatic heterocycles. The van der Waals surface area contributed by atoms with E-state index < -0.39 is 17.7 Å². The smallest absolute Gasteiger partial charge is 0.254 e. The molecular formula is C19H17ClFN5O2. The largest absolute Gasteiger partial charge is 0.387 e. The Bertz CT molecular complexity index is 1080. The zero-order valence-electron chi connectivity index (χ0n) is 15.1. The third kappa shape index (κ3) is 3.96. The summed E-state index contributed by atoms with van der Waals surface area (Å²) in [4.78, 5) is 16.5. The topological polar surface area (TPSA) is 103 Å². The molecule has 144 valence electrons. The molecule has 1 atom stereocenters. The molecule has 0 fully saturated rings. The molecule has 1 unspecified atom stereocenters. The molecule has 0 saturated heterocycles. The summed E-state index contributed by atoms with van der Waals surface area (Å²) in [5.74, 6) is -0.590. The van der Waals surface area contributed by atoms with Crippen LogP contribution >= 0.6 is 11.6 Å². The summed E-state index contributed by atoms with van der Waals surface area (Å²) in [7, 11) is 0. The van der Waals surface area contributed by atoms with Crippen molar-refractivity contribution in [3.8, 4) is 17.5 Å². The van der Waals surface area contributed by atoms with E-state index in [1.165, 1.54) is 32.3 Å². The van der Waals surface area contributed by atoms with Crippen molar-refractivity contribution >= 4 is 23.0 Å². The van der Waals surface area contributed by atoms with E-state index in [2.05, 4.69) is 15.4 Å². The van der Waals surface area contributed by atoms with Gasteiger partial charge in [0.05, 0.1) is 51.4 Å². The van der Waals surface area contributed by atoms with E-state index in [1.54, 1.807) is 22.7 Å². The van der Waals surface area contributed by atoms with Gasteiger partial charge in [0.2, 0.25) is 0 Å². The minimum absolute atomic E-state index is 0.0916. The van der Waals surface area contributed by atoms with Crippen LogP contribution in [0.5, 0.6) is 0 Å². The van der Waals surface area contributed by atoms with Crippen LogP contribution in [-0.4, -0.2) is 43.9 Å². The molecule has 2 N–H and O–H groups in total. The highest BCUT2D eigenvalue weighted by Crippen LogP contribution is 2.25. The van der Waals surface area contributed by atoms with E-state index in [0.29, 0.717) is 17.0 Å². The lowest BCUT2D eigenvalue weighted by Gasteiger charge is -2.22. The number of halogens is 2. The Morgan fingerprint density at radius 1 is 1.43 bits per heavy atom. The number of carbonyl (C=O) groups excluding carboxylic acids is 1. The zero-order valence-corrected chi connectivity index (χ0v) is 15.9. The van der Waals surface area contributed by atoms with Gasteiger partial charge in [-0.25, -0.2) is 8.91 Å². The number of hydrogen-bond donors (Lipinski definition) is 2. The molecule has 0 aliphatic heterocycles. The predicted octanol–water partition coefficient (Wildman–Crippen LogP) is 2.76. The minimum atomic E-state index is -1.63. The van der Waals surface area contributed by atoms with Crippen LogP contribution in [0.4, 0.5) is 4.39 Å². The maximum absolute atomic E-state index is 13.8. The Morgan fingerprint density at radius 2 is 2.18 bits per heavy atom. The van der Waals surface area contributed by atoms with Crippen molar-refractivity contribution in [1.82, 2.24) is 19.9 Å². The van der Waals surface area contributed by atoms with Crippen molar-refractivity contribution in [2.24, 2.45) is 0 Å². The van der Waals surface area contributed by atoms with Crippen LogP contribution in [0.3, 0.4) is 0 Å². The molecule has 0 saturated carbocycles. The number of nitrogens with zero attached hydrogens (tertiary/aromatic N) is 4. The first-order valence-corrected chi connectivity index (χ1v) is 8.77. The first-order valence-electron chi connectivity index (χ1n) is 8.39. The number of carbonyl (C=O) groups is 1. The maximum atomic E-state index is 13.8. The van der Waals surface area contributed by atoms with Crippen LogP contribution in [0.15, 0.2) is 36.7 Å². The summed E-state index contributed by atoms with van der Waals surface area (Å²) in [6.45, 7) is 2.29. The van der Waals surface area contributed by atoms with Gasteiger partial charge in [-0.3, -0.25) is 9.78 Å². The number of fused-ring (bicyclic) bond motifs is 1. The van der Waals surface area contributed by atoms with E-state index in [9.17, 15) is 14.3 Å². The standard InChI is InChI=1S/C19H17ClFN5O2/c1-19(2,28)17(21)10-24-18(27)13-9-23-15(6-14(13)20)16-4-3-12-5-11(7-22)8-25-26(12)16/h3-6,8-9,17,28H,10H2,1-2H3,(H,24,27). The maximum Gasteiger partial charge on any atom is 0.254 e. The van der Waals surface area contributed by atoms with Crippen LogP contribution in [0, 0.1) is 11.3 Å². The highest BCUT2D eigenvalue weighted by molar-refractivity contribution is 6.34. The van der Waals surface area contributed by atoms with Crippen molar-refractivity contribution in [2.75, 3.05) is 6.54 Å². The molecule has 3 rings (SSSR count). The Labute approximate surface area is 165 Å². The molecule has 9 heteroatoms. The molecule has 7 nitrogen and oxygen atoms in total. The number of hydrogen-bond acceptors (Lipinski definition) is 5. The fraction of sp³-hybridized carbons (Fsp3) is 0.263. The molecule has 3 aromatic rings. The lowest BCUT2D eigenvalue weighted by molar-refractivity contribution is -0.00177. The van der Waals surface area contributed by atoms with Gasteiger partial charge in [-0.1, -0.05) is 11.6 Å². The zero-order chi connectivity index (χ0) is 20.5. The molecule has 0 aliphatic rings.